The lowest BCUT2D eigenvalue weighted by Gasteiger charge is -2.47. The van der Waals surface area contributed by atoms with E-state index in [0.29, 0.717) is 10.6 Å². The van der Waals surface area contributed by atoms with E-state index in [1.807, 2.05) is 30.3 Å². The van der Waals surface area contributed by atoms with Crippen LogP contribution in [0.3, 0.4) is 0 Å². The number of benzene rings is 2. The molecule has 5 unspecified atom stereocenters. The fourth-order valence-electron chi connectivity index (χ4n) is 5.96. The number of carbonyl (C=O) groups excluding carboxylic acids is 2. The van der Waals surface area contributed by atoms with Gasteiger partial charge < -0.3 is 25.2 Å². The molecule has 0 spiro atoms. The van der Waals surface area contributed by atoms with Crippen LogP contribution in [0.2, 0.25) is 0 Å². The van der Waals surface area contributed by atoms with E-state index in [4.69, 9.17) is 17.4 Å². The molecule has 1 aliphatic carbocycles. The molecule has 1 saturated heterocycles. The monoisotopic (exact) mass is 468 g/mol. The van der Waals surface area contributed by atoms with Gasteiger partial charge in [0.25, 0.3) is 0 Å². The lowest BCUT2D eigenvalue weighted by Crippen LogP contribution is -2.64. The van der Waals surface area contributed by atoms with Gasteiger partial charge >= 0.3 is 5.97 Å². The Morgan fingerprint density at radius 3 is 2.79 bits per heavy atom. The number of carbonyl (C=O) groups is 2. The number of aliphatic hydroxyl groups excluding tert-OH is 2. The summed E-state index contributed by atoms with van der Waals surface area (Å²) in [5, 5.41) is 25.5. The Balaban J connectivity index is 1.59. The van der Waals surface area contributed by atoms with Crippen molar-refractivity contribution in [1.29, 1.82) is 0 Å². The largest absolute Gasteiger partial charge is 0.464 e. The number of nitrogens with one attached hydrogen (secondary N) is 1. The fourth-order valence-corrected chi connectivity index (χ4v) is 6.36. The van der Waals surface area contributed by atoms with Crippen LogP contribution >= 0.6 is 12.6 Å². The van der Waals surface area contributed by atoms with E-state index in [0.717, 1.165) is 46.9 Å². The van der Waals surface area contributed by atoms with E-state index in [2.05, 4.69) is 5.32 Å². The van der Waals surface area contributed by atoms with Crippen LogP contribution in [0.5, 0.6) is 0 Å². The Morgan fingerprint density at radius 1 is 1.30 bits per heavy atom. The van der Waals surface area contributed by atoms with Crippen molar-refractivity contribution in [2.75, 3.05) is 12.4 Å². The van der Waals surface area contributed by atoms with Crippen molar-refractivity contribution in [2.45, 2.75) is 55.9 Å². The predicted octanol–water partition coefficient (Wildman–Crippen LogP) is 2.85. The van der Waals surface area contributed by atoms with Gasteiger partial charge in [0.15, 0.2) is 0 Å². The second-order valence-corrected chi connectivity index (χ2v) is 9.58. The lowest BCUT2D eigenvalue weighted by atomic mass is 9.71. The highest BCUT2D eigenvalue weighted by Crippen LogP contribution is 2.53. The molecular formula is C25H28N2O5S. The minimum absolute atomic E-state index is 0.00102. The van der Waals surface area contributed by atoms with Gasteiger partial charge in [0.2, 0.25) is 5.91 Å². The average Bonchev–Trinajstić information content (AvgIpc) is 3.10. The fraction of sp³-hybridized carbons (Fsp3) is 0.440. The Kier molecular flexibility index (Phi) is 5.63. The van der Waals surface area contributed by atoms with Gasteiger partial charge in [0.1, 0.15) is 5.70 Å². The first-order valence-electron chi connectivity index (χ1n) is 11.3. The molecule has 33 heavy (non-hydrogen) atoms. The molecule has 2 aliphatic heterocycles. The summed E-state index contributed by atoms with van der Waals surface area (Å²) in [6.07, 6.45) is 1.82. The predicted molar refractivity (Wildman–Crippen MR) is 127 cm³/mol. The zero-order valence-corrected chi connectivity index (χ0v) is 19.5. The van der Waals surface area contributed by atoms with Gasteiger partial charge in [-0.1, -0.05) is 30.7 Å². The molecule has 2 heterocycles. The molecular weight excluding hydrogens is 440 g/mol. The topological polar surface area (TPSA) is 99.1 Å². The summed E-state index contributed by atoms with van der Waals surface area (Å²) < 4.78 is 5.08. The highest BCUT2D eigenvalue weighted by Gasteiger charge is 2.62. The number of nitrogens with zero attached hydrogens (tertiary/aromatic N) is 1. The maximum absolute atomic E-state index is 12.9. The number of rotatable bonds is 5. The summed E-state index contributed by atoms with van der Waals surface area (Å²) in [5.74, 6) is -1.23. The van der Waals surface area contributed by atoms with Crippen LogP contribution in [0.1, 0.15) is 31.7 Å². The summed E-state index contributed by atoms with van der Waals surface area (Å²) in [7, 11) is 1.33. The summed E-state index contributed by atoms with van der Waals surface area (Å²) in [6.45, 7) is 1.53. The quantitative estimate of drug-likeness (QED) is 0.306. The standard InChI is InChI=1S/C25H28N2O5S/c1-12(29)18-21-15-6-4-8-17(20(15)22(25(31)32-2)27(21)24(18)30)26-16-7-3-5-13-9-10-14(11-28)23(33)19(13)16/h3,5,7,9-10,12,15,17-18,21,26,28-29,33H,4,6,8,11H2,1-2H3. The zero-order valence-electron chi connectivity index (χ0n) is 18.6. The molecule has 5 atom stereocenters. The van der Waals surface area contributed by atoms with Crippen LogP contribution < -0.4 is 5.32 Å². The molecule has 2 fully saturated rings. The number of hydrogen-bond acceptors (Lipinski definition) is 7. The first-order chi connectivity index (χ1) is 15.9. The lowest BCUT2D eigenvalue weighted by molar-refractivity contribution is -0.164. The molecule has 5 rings (SSSR count). The molecule has 2 aromatic rings. The first kappa shape index (κ1) is 22.3. The minimum atomic E-state index is -0.771. The van der Waals surface area contributed by atoms with Crippen LogP contribution in [0.4, 0.5) is 5.69 Å². The summed E-state index contributed by atoms with van der Waals surface area (Å²) in [5.41, 5.74) is 2.83. The molecule has 3 aliphatic rings. The van der Waals surface area contributed by atoms with E-state index in [1.165, 1.54) is 7.11 Å². The minimum Gasteiger partial charge on any atom is -0.464 e. The molecule has 1 amide bonds. The van der Waals surface area contributed by atoms with E-state index in [9.17, 15) is 19.8 Å². The number of amides is 1. The highest BCUT2D eigenvalue weighted by atomic mass is 32.1. The van der Waals surface area contributed by atoms with E-state index < -0.39 is 18.0 Å². The molecule has 1 saturated carbocycles. The van der Waals surface area contributed by atoms with Crippen LogP contribution in [0.25, 0.3) is 10.8 Å². The van der Waals surface area contributed by atoms with E-state index in [-0.39, 0.29) is 30.5 Å². The number of β-lactam (4-membered cyclic amide) rings is 1. The van der Waals surface area contributed by atoms with E-state index in [1.54, 1.807) is 11.8 Å². The number of anilines is 1. The van der Waals surface area contributed by atoms with Crippen LogP contribution in [0, 0.1) is 11.8 Å². The van der Waals surface area contributed by atoms with Crippen LogP contribution in [-0.4, -0.2) is 52.3 Å². The second kappa shape index (κ2) is 8.34. The summed E-state index contributed by atoms with van der Waals surface area (Å²) in [6, 6.07) is 9.38. The maximum atomic E-state index is 12.9. The van der Waals surface area contributed by atoms with Gasteiger partial charge in [-0.15, -0.1) is 12.6 Å². The smallest absolute Gasteiger partial charge is 0.354 e. The van der Waals surface area contributed by atoms with Crippen molar-refractivity contribution in [3.05, 3.63) is 47.2 Å². The zero-order chi connectivity index (χ0) is 23.4. The van der Waals surface area contributed by atoms with E-state index >= 15 is 0 Å². The Bertz CT molecular complexity index is 1180. The maximum Gasteiger partial charge on any atom is 0.354 e. The van der Waals surface area contributed by atoms with Crippen molar-refractivity contribution in [3.8, 4) is 0 Å². The third-order valence-electron chi connectivity index (χ3n) is 7.40. The van der Waals surface area contributed by atoms with Gasteiger partial charge in [0.05, 0.1) is 37.8 Å². The molecule has 174 valence electrons. The average molecular weight is 469 g/mol. The molecule has 0 aromatic heterocycles. The Hall–Kier alpha value is -2.55. The number of aliphatic hydroxyl groups is 2. The third kappa shape index (κ3) is 3.26. The van der Waals surface area contributed by atoms with Crippen molar-refractivity contribution in [3.63, 3.8) is 0 Å². The van der Waals surface area contributed by atoms with Crippen molar-refractivity contribution in [1.82, 2.24) is 4.90 Å². The number of esters is 1. The Labute approximate surface area is 197 Å². The molecule has 2 aromatic carbocycles. The summed E-state index contributed by atoms with van der Waals surface area (Å²) in [4.78, 5) is 28.0. The second-order valence-electron chi connectivity index (χ2n) is 9.13. The number of ether oxygens (including phenoxy) is 1. The molecule has 8 heteroatoms. The first-order valence-corrected chi connectivity index (χ1v) is 11.8. The van der Waals surface area contributed by atoms with Crippen molar-refractivity contribution >= 4 is 41.0 Å². The van der Waals surface area contributed by atoms with Gasteiger partial charge in [0, 0.05) is 21.9 Å². The molecule has 0 bridgehead atoms. The third-order valence-corrected chi connectivity index (χ3v) is 7.91. The summed E-state index contributed by atoms with van der Waals surface area (Å²) >= 11 is 4.69. The molecule has 3 N–H and O–H groups in total. The number of fused-ring (bicyclic) bond motifs is 4. The molecule has 7 nitrogen and oxygen atoms in total. The van der Waals surface area contributed by atoms with Crippen molar-refractivity contribution in [2.24, 2.45) is 11.8 Å². The molecule has 0 radical (unpaired) electrons. The number of hydrogen-bond donors (Lipinski definition) is 4. The SMILES string of the molecule is COC(=O)C1=C2C(Nc3cccc4ccc(CO)c(S)c34)CCCC2C2C(C(C)O)C(=O)N12. The van der Waals surface area contributed by atoms with Gasteiger partial charge in [-0.05, 0) is 42.4 Å². The highest BCUT2D eigenvalue weighted by molar-refractivity contribution is 7.80. The number of thiol groups is 1. The van der Waals surface area contributed by atoms with Crippen LogP contribution in [0.15, 0.2) is 46.5 Å². The van der Waals surface area contributed by atoms with Gasteiger partial charge in [-0.25, -0.2) is 4.79 Å². The van der Waals surface area contributed by atoms with Crippen molar-refractivity contribution < 1.29 is 24.5 Å². The normalized spacial score (nSPS) is 27.2. The van der Waals surface area contributed by atoms with Gasteiger partial charge in [-0.2, -0.15) is 0 Å². The van der Waals surface area contributed by atoms with Gasteiger partial charge in [-0.3, -0.25) is 4.79 Å². The van der Waals surface area contributed by atoms with Crippen LogP contribution in [-0.2, 0) is 20.9 Å². The number of methoxy groups -OCH3 is 1. The Morgan fingerprint density at radius 2 is 2.09 bits per heavy atom.